The minimum Gasteiger partial charge on any atom is -0.388 e. The van der Waals surface area contributed by atoms with Gasteiger partial charge < -0.3 is 15.3 Å². The van der Waals surface area contributed by atoms with Crippen LogP contribution in [0.5, 0.6) is 0 Å². The first-order valence-electron chi connectivity index (χ1n) is 8.50. The zero-order valence-corrected chi connectivity index (χ0v) is 15.5. The highest BCUT2D eigenvalue weighted by molar-refractivity contribution is 5.33. The maximum atomic E-state index is 10.4. The molecule has 1 atom stereocenters. The molecule has 0 radical (unpaired) electrons. The van der Waals surface area contributed by atoms with E-state index in [1.54, 1.807) is 0 Å². The fourth-order valence-electron chi connectivity index (χ4n) is 2.96. The van der Waals surface area contributed by atoms with Crippen molar-refractivity contribution in [1.29, 1.82) is 0 Å². The Morgan fingerprint density at radius 2 is 1.92 bits per heavy atom. The molecule has 2 rings (SSSR count). The molecule has 5 nitrogen and oxygen atoms in total. The highest BCUT2D eigenvalue weighted by atomic mass is 16.3. The normalized spacial score (nSPS) is 14.3. The summed E-state index contributed by atoms with van der Waals surface area (Å²) in [5.41, 5.74) is 2.58. The van der Waals surface area contributed by atoms with Crippen molar-refractivity contribution in [2.24, 2.45) is 0 Å². The van der Waals surface area contributed by atoms with Gasteiger partial charge in [0.2, 0.25) is 0 Å². The predicted molar refractivity (Wildman–Crippen MR) is 98.5 cm³/mol. The molecular formula is C19H30N4O. The number of aliphatic hydroxyl groups is 1. The van der Waals surface area contributed by atoms with Crippen LogP contribution in [-0.2, 0) is 6.54 Å². The van der Waals surface area contributed by atoms with E-state index in [4.69, 9.17) is 5.10 Å². The first-order valence-corrected chi connectivity index (χ1v) is 8.50. The SMILES string of the molecule is CC(C)c1nn(-c2ccccc2)cc1CNCC(C)(O)CN(C)C. The molecule has 0 saturated carbocycles. The van der Waals surface area contributed by atoms with Crippen LogP contribution in [0.25, 0.3) is 5.69 Å². The average molecular weight is 330 g/mol. The Kier molecular flexibility index (Phi) is 6.15. The first-order chi connectivity index (χ1) is 11.3. The van der Waals surface area contributed by atoms with Gasteiger partial charge in [-0.2, -0.15) is 5.10 Å². The van der Waals surface area contributed by atoms with Gasteiger partial charge in [-0.1, -0.05) is 32.0 Å². The van der Waals surface area contributed by atoms with Crippen molar-refractivity contribution >= 4 is 0 Å². The fourth-order valence-corrected chi connectivity index (χ4v) is 2.96. The summed E-state index contributed by atoms with van der Waals surface area (Å²) in [6, 6.07) is 10.1. The number of hydrogen-bond acceptors (Lipinski definition) is 4. The van der Waals surface area contributed by atoms with Gasteiger partial charge in [0, 0.05) is 31.4 Å². The molecular weight excluding hydrogens is 300 g/mol. The van der Waals surface area contributed by atoms with Crippen molar-refractivity contribution in [2.45, 2.75) is 38.8 Å². The van der Waals surface area contributed by atoms with Gasteiger partial charge in [-0.25, -0.2) is 4.68 Å². The molecule has 0 aliphatic carbocycles. The van der Waals surface area contributed by atoms with Gasteiger partial charge in [0.1, 0.15) is 0 Å². The highest BCUT2D eigenvalue weighted by Gasteiger charge is 2.21. The predicted octanol–water partition coefficient (Wildman–Crippen LogP) is 2.40. The highest BCUT2D eigenvalue weighted by Crippen LogP contribution is 2.20. The molecule has 2 aromatic rings. The summed E-state index contributed by atoms with van der Waals surface area (Å²) in [5.74, 6) is 0.356. The van der Waals surface area contributed by atoms with E-state index in [9.17, 15) is 5.11 Å². The minimum absolute atomic E-state index is 0.356. The summed E-state index contributed by atoms with van der Waals surface area (Å²) >= 11 is 0. The summed E-state index contributed by atoms with van der Waals surface area (Å²) in [6.45, 7) is 8.03. The van der Waals surface area contributed by atoms with Crippen LogP contribution >= 0.6 is 0 Å². The molecule has 5 heteroatoms. The second kappa shape index (κ2) is 7.92. The van der Waals surface area contributed by atoms with Crippen molar-refractivity contribution in [3.05, 3.63) is 47.8 Å². The van der Waals surface area contributed by atoms with E-state index in [0.29, 0.717) is 25.6 Å². The van der Waals surface area contributed by atoms with Crippen LogP contribution in [-0.4, -0.2) is 52.6 Å². The van der Waals surface area contributed by atoms with E-state index in [1.165, 1.54) is 5.56 Å². The number of likely N-dealkylation sites (N-methyl/N-ethyl adjacent to an activating group) is 1. The fraction of sp³-hybridized carbons (Fsp3) is 0.526. The van der Waals surface area contributed by atoms with E-state index in [1.807, 2.05) is 48.8 Å². The van der Waals surface area contributed by atoms with Crippen LogP contribution in [0.1, 0.15) is 37.9 Å². The van der Waals surface area contributed by atoms with Gasteiger partial charge in [0.15, 0.2) is 0 Å². The van der Waals surface area contributed by atoms with E-state index in [-0.39, 0.29) is 0 Å². The lowest BCUT2D eigenvalue weighted by atomic mass is 10.0. The standard InChI is InChI=1S/C19H30N4O/c1-15(2)18-16(11-20-13-19(3,24)14-22(4)5)12-23(21-18)17-9-7-6-8-10-17/h6-10,12,15,20,24H,11,13-14H2,1-5H3. The first kappa shape index (κ1) is 18.6. The number of para-hydroxylation sites is 1. The van der Waals surface area contributed by atoms with Crippen LogP contribution in [0, 0.1) is 0 Å². The van der Waals surface area contributed by atoms with E-state index in [0.717, 1.165) is 11.4 Å². The average Bonchev–Trinajstić information content (AvgIpc) is 2.91. The molecule has 1 unspecified atom stereocenters. The number of hydrogen-bond donors (Lipinski definition) is 2. The molecule has 0 aliphatic rings. The van der Waals surface area contributed by atoms with Crippen molar-refractivity contribution in [3.63, 3.8) is 0 Å². The van der Waals surface area contributed by atoms with E-state index in [2.05, 4.69) is 37.5 Å². The molecule has 0 aliphatic heterocycles. The Balaban J connectivity index is 2.08. The second-order valence-corrected chi connectivity index (χ2v) is 7.31. The largest absolute Gasteiger partial charge is 0.388 e. The number of nitrogens with one attached hydrogen (secondary N) is 1. The third kappa shape index (κ3) is 5.16. The smallest absolute Gasteiger partial charge is 0.0869 e. The summed E-state index contributed by atoms with van der Waals surface area (Å²) in [6.07, 6.45) is 2.08. The van der Waals surface area contributed by atoms with Crippen molar-refractivity contribution < 1.29 is 5.11 Å². The number of rotatable bonds is 8. The van der Waals surface area contributed by atoms with Crippen LogP contribution in [0.15, 0.2) is 36.5 Å². The van der Waals surface area contributed by atoms with Gasteiger partial charge in [-0.05, 0) is 39.1 Å². The van der Waals surface area contributed by atoms with Crippen molar-refractivity contribution in [2.75, 3.05) is 27.2 Å². The third-order valence-electron chi connectivity index (χ3n) is 3.87. The second-order valence-electron chi connectivity index (χ2n) is 7.31. The number of benzene rings is 1. The number of nitrogens with zero attached hydrogens (tertiary/aromatic N) is 3. The maximum Gasteiger partial charge on any atom is 0.0869 e. The Morgan fingerprint density at radius 1 is 1.25 bits per heavy atom. The van der Waals surface area contributed by atoms with E-state index < -0.39 is 5.60 Å². The molecule has 1 heterocycles. The van der Waals surface area contributed by atoms with Crippen molar-refractivity contribution in [1.82, 2.24) is 20.0 Å². The molecule has 0 bridgehead atoms. The molecule has 0 amide bonds. The molecule has 0 fully saturated rings. The van der Waals surface area contributed by atoms with Crippen LogP contribution in [0.3, 0.4) is 0 Å². The molecule has 132 valence electrons. The van der Waals surface area contributed by atoms with Gasteiger partial charge in [0.25, 0.3) is 0 Å². The van der Waals surface area contributed by atoms with Crippen molar-refractivity contribution in [3.8, 4) is 5.69 Å². The zero-order chi connectivity index (χ0) is 17.7. The lowest BCUT2D eigenvalue weighted by molar-refractivity contribution is 0.0336. The maximum absolute atomic E-state index is 10.4. The van der Waals surface area contributed by atoms with E-state index >= 15 is 0 Å². The summed E-state index contributed by atoms with van der Waals surface area (Å²) in [5, 5.41) is 18.5. The number of aromatic nitrogens is 2. The van der Waals surface area contributed by atoms with Gasteiger partial charge in [-0.15, -0.1) is 0 Å². The summed E-state index contributed by atoms with van der Waals surface area (Å²) in [4.78, 5) is 1.99. The van der Waals surface area contributed by atoms with Crippen LogP contribution in [0.2, 0.25) is 0 Å². The van der Waals surface area contributed by atoms with Crippen LogP contribution in [0.4, 0.5) is 0 Å². The topological polar surface area (TPSA) is 53.3 Å². The van der Waals surface area contributed by atoms with Gasteiger partial charge in [0.05, 0.1) is 17.0 Å². The minimum atomic E-state index is -0.753. The zero-order valence-electron chi connectivity index (χ0n) is 15.5. The van der Waals surface area contributed by atoms with Gasteiger partial charge in [-0.3, -0.25) is 0 Å². The molecule has 1 aromatic heterocycles. The quantitative estimate of drug-likeness (QED) is 0.780. The lowest BCUT2D eigenvalue weighted by Gasteiger charge is -2.27. The third-order valence-corrected chi connectivity index (χ3v) is 3.87. The van der Waals surface area contributed by atoms with Crippen LogP contribution < -0.4 is 5.32 Å². The monoisotopic (exact) mass is 330 g/mol. The molecule has 1 aromatic carbocycles. The lowest BCUT2D eigenvalue weighted by Crippen LogP contribution is -2.45. The Labute approximate surface area is 145 Å². The molecule has 0 saturated heterocycles. The molecule has 2 N–H and O–H groups in total. The van der Waals surface area contributed by atoms with Gasteiger partial charge >= 0.3 is 0 Å². The summed E-state index contributed by atoms with van der Waals surface area (Å²) in [7, 11) is 3.93. The Hall–Kier alpha value is -1.69. The molecule has 0 spiro atoms. The molecule has 24 heavy (non-hydrogen) atoms. The summed E-state index contributed by atoms with van der Waals surface area (Å²) < 4.78 is 1.93. The Bertz CT molecular complexity index is 632. The Morgan fingerprint density at radius 3 is 2.50 bits per heavy atom.